The number of hydrogen-bond donors (Lipinski definition) is 1. The average Bonchev–Trinajstić information content (AvgIpc) is 3.22. The van der Waals surface area contributed by atoms with Crippen molar-refractivity contribution >= 4 is 11.9 Å². The first-order chi connectivity index (χ1) is 11.1. The molecule has 7 heteroatoms. The molecule has 1 aromatic carbocycles. The number of methoxy groups -OCH3 is 1. The molecule has 0 radical (unpaired) electrons. The topological polar surface area (TPSA) is 85.3 Å². The van der Waals surface area contributed by atoms with E-state index in [1.807, 2.05) is 18.2 Å². The van der Waals surface area contributed by atoms with E-state index < -0.39 is 17.8 Å². The van der Waals surface area contributed by atoms with Crippen molar-refractivity contribution in [3.05, 3.63) is 23.8 Å². The second-order valence-corrected chi connectivity index (χ2v) is 5.73. The van der Waals surface area contributed by atoms with E-state index in [1.165, 1.54) is 0 Å². The summed E-state index contributed by atoms with van der Waals surface area (Å²) >= 11 is 0. The van der Waals surface area contributed by atoms with Crippen LogP contribution in [0.15, 0.2) is 18.2 Å². The Bertz CT molecular complexity index is 617. The Hall–Kier alpha value is -2.28. The van der Waals surface area contributed by atoms with Crippen LogP contribution in [0.5, 0.6) is 11.5 Å². The fourth-order valence-electron chi connectivity index (χ4n) is 2.70. The number of fused-ring (bicyclic) bond motifs is 1. The van der Waals surface area contributed by atoms with Gasteiger partial charge in [-0.15, -0.1) is 0 Å². The van der Waals surface area contributed by atoms with Gasteiger partial charge in [-0.1, -0.05) is 6.07 Å². The lowest BCUT2D eigenvalue weighted by Gasteiger charge is -2.23. The average molecular weight is 321 g/mol. The highest BCUT2D eigenvalue weighted by molar-refractivity contribution is 5.89. The number of carbonyl (C=O) groups excluding carboxylic acids is 1. The van der Waals surface area contributed by atoms with Crippen LogP contribution in [0.2, 0.25) is 0 Å². The minimum atomic E-state index is -0.905. The predicted octanol–water partition coefficient (Wildman–Crippen LogP) is 1.11. The summed E-state index contributed by atoms with van der Waals surface area (Å²) in [6, 6.07) is 5.53. The molecule has 23 heavy (non-hydrogen) atoms. The normalized spacial score (nSPS) is 21.1. The molecule has 1 heterocycles. The van der Waals surface area contributed by atoms with E-state index in [9.17, 15) is 9.59 Å². The predicted molar refractivity (Wildman–Crippen MR) is 79.1 cm³/mol. The van der Waals surface area contributed by atoms with Gasteiger partial charge in [-0.05, 0) is 24.1 Å². The standard InChI is InChI=1S/C16H19NO6/c1-21-5-4-17(15(18)11-7-12(11)16(19)20)8-10-2-3-13-14(6-10)23-9-22-13/h2-3,6,11-12H,4-5,7-9H2,1H3,(H,19,20)/t11-,12+/m1/s1. The van der Waals surface area contributed by atoms with Crippen molar-refractivity contribution in [2.45, 2.75) is 13.0 Å². The van der Waals surface area contributed by atoms with Crippen LogP contribution in [-0.4, -0.2) is 48.9 Å². The molecule has 0 bridgehead atoms. The molecule has 2 aliphatic rings. The number of carboxylic acids is 1. The number of hydrogen-bond acceptors (Lipinski definition) is 5. The lowest BCUT2D eigenvalue weighted by molar-refractivity contribution is -0.142. The van der Waals surface area contributed by atoms with Gasteiger partial charge in [0.05, 0.1) is 18.4 Å². The molecule has 1 aromatic rings. The zero-order chi connectivity index (χ0) is 16.4. The van der Waals surface area contributed by atoms with Gasteiger partial charge in [0.15, 0.2) is 11.5 Å². The fraction of sp³-hybridized carbons (Fsp3) is 0.500. The maximum Gasteiger partial charge on any atom is 0.307 e. The van der Waals surface area contributed by atoms with E-state index in [4.69, 9.17) is 19.3 Å². The quantitative estimate of drug-likeness (QED) is 0.810. The Balaban J connectivity index is 1.69. The summed E-state index contributed by atoms with van der Waals surface area (Å²) in [4.78, 5) is 25.1. The summed E-state index contributed by atoms with van der Waals surface area (Å²) in [5, 5.41) is 9.00. The number of aliphatic carboxylic acids is 1. The molecule has 7 nitrogen and oxygen atoms in total. The lowest BCUT2D eigenvalue weighted by atomic mass is 10.1. The minimum absolute atomic E-state index is 0.132. The van der Waals surface area contributed by atoms with Gasteiger partial charge >= 0.3 is 5.97 Å². The van der Waals surface area contributed by atoms with E-state index in [0.717, 1.165) is 5.56 Å². The number of carboxylic acid groups (broad SMARTS) is 1. The summed E-state index contributed by atoms with van der Waals surface area (Å²) < 4.78 is 15.7. The Labute approximate surface area is 133 Å². The molecule has 1 amide bonds. The van der Waals surface area contributed by atoms with E-state index in [1.54, 1.807) is 12.0 Å². The van der Waals surface area contributed by atoms with Gasteiger partial charge in [0.25, 0.3) is 0 Å². The van der Waals surface area contributed by atoms with Gasteiger partial charge in [-0.2, -0.15) is 0 Å². The number of rotatable bonds is 7. The third-order valence-corrected chi connectivity index (χ3v) is 4.11. The van der Waals surface area contributed by atoms with Crippen molar-refractivity contribution < 1.29 is 28.9 Å². The van der Waals surface area contributed by atoms with E-state index in [0.29, 0.717) is 37.6 Å². The van der Waals surface area contributed by atoms with Gasteiger partial charge in [0.1, 0.15) is 0 Å². The van der Waals surface area contributed by atoms with E-state index in [2.05, 4.69) is 0 Å². The Kier molecular flexibility index (Phi) is 4.38. The molecule has 1 aliphatic heterocycles. The number of nitrogens with zero attached hydrogens (tertiary/aromatic N) is 1. The summed E-state index contributed by atoms with van der Waals surface area (Å²) in [6.07, 6.45) is 0.415. The van der Waals surface area contributed by atoms with Crippen LogP contribution >= 0.6 is 0 Å². The summed E-state index contributed by atoms with van der Waals surface area (Å²) in [5.74, 6) is -0.652. The highest BCUT2D eigenvalue weighted by atomic mass is 16.7. The van der Waals surface area contributed by atoms with Crippen LogP contribution in [0.1, 0.15) is 12.0 Å². The van der Waals surface area contributed by atoms with Crippen LogP contribution in [0.3, 0.4) is 0 Å². The summed E-state index contributed by atoms with van der Waals surface area (Å²) in [7, 11) is 1.57. The second kappa shape index (κ2) is 6.45. The zero-order valence-corrected chi connectivity index (χ0v) is 12.9. The summed E-state index contributed by atoms with van der Waals surface area (Å²) in [6.45, 7) is 1.42. The molecule has 124 valence electrons. The maximum atomic E-state index is 12.5. The van der Waals surface area contributed by atoms with E-state index >= 15 is 0 Å². The van der Waals surface area contributed by atoms with Crippen molar-refractivity contribution in [3.8, 4) is 11.5 Å². The highest BCUT2D eigenvalue weighted by Crippen LogP contribution is 2.40. The van der Waals surface area contributed by atoms with Crippen LogP contribution in [0.25, 0.3) is 0 Å². The number of amides is 1. The molecule has 1 N–H and O–H groups in total. The lowest BCUT2D eigenvalue weighted by Crippen LogP contribution is -2.35. The Morgan fingerprint density at radius 1 is 1.30 bits per heavy atom. The molecule has 0 unspecified atom stereocenters. The molecule has 1 saturated carbocycles. The van der Waals surface area contributed by atoms with Gasteiger partial charge in [0.2, 0.25) is 12.7 Å². The Morgan fingerprint density at radius 3 is 2.78 bits per heavy atom. The zero-order valence-electron chi connectivity index (χ0n) is 12.9. The molecule has 0 saturated heterocycles. The minimum Gasteiger partial charge on any atom is -0.481 e. The molecule has 1 aliphatic carbocycles. The SMILES string of the molecule is COCCN(Cc1ccc2c(c1)OCO2)C(=O)[C@@H]1C[C@@H]1C(=O)O. The van der Waals surface area contributed by atoms with Crippen LogP contribution < -0.4 is 9.47 Å². The smallest absolute Gasteiger partial charge is 0.307 e. The van der Waals surface area contributed by atoms with Crippen LogP contribution in [0, 0.1) is 11.8 Å². The number of carbonyl (C=O) groups is 2. The van der Waals surface area contributed by atoms with Crippen molar-refractivity contribution in [2.24, 2.45) is 11.8 Å². The maximum absolute atomic E-state index is 12.5. The molecular weight excluding hydrogens is 302 g/mol. The Morgan fingerprint density at radius 2 is 2.09 bits per heavy atom. The van der Waals surface area contributed by atoms with Crippen molar-refractivity contribution in [1.29, 1.82) is 0 Å². The molecule has 0 spiro atoms. The molecule has 1 fully saturated rings. The molecule has 2 atom stereocenters. The van der Waals surface area contributed by atoms with Gasteiger partial charge in [-0.25, -0.2) is 0 Å². The van der Waals surface area contributed by atoms with Crippen LogP contribution in [0.4, 0.5) is 0 Å². The third kappa shape index (κ3) is 3.39. The van der Waals surface area contributed by atoms with Crippen molar-refractivity contribution in [1.82, 2.24) is 4.90 Å². The molecule has 3 rings (SSSR count). The van der Waals surface area contributed by atoms with Gasteiger partial charge < -0.3 is 24.2 Å². The first-order valence-corrected chi connectivity index (χ1v) is 7.49. The second-order valence-electron chi connectivity index (χ2n) is 5.73. The number of ether oxygens (including phenoxy) is 3. The van der Waals surface area contributed by atoms with Gasteiger partial charge in [-0.3, -0.25) is 9.59 Å². The van der Waals surface area contributed by atoms with Gasteiger partial charge in [0, 0.05) is 20.2 Å². The van der Waals surface area contributed by atoms with Crippen molar-refractivity contribution in [3.63, 3.8) is 0 Å². The fourth-order valence-corrected chi connectivity index (χ4v) is 2.70. The first-order valence-electron chi connectivity index (χ1n) is 7.49. The number of benzene rings is 1. The van der Waals surface area contributed by atoms with Crippen LogP contribution in [-0.2, 0) is 20.9 Å². The first kappa shape index (κ1) is 15.6. The largest absolute Gasteiger partial charge is 0.481 e. The van der Waals surface area contributed by atoms with E-state index in [-0.39, 0.29) is 12.7 Å². The summed E-state index contributed by atoms with van der Waals surface area (Å²) in [5.41, 5.74) is 0.909. The molecular formula is C16H19NO6. The highest BCUT2D eigenvalue weighted by Gasteiger charge is 2.49. The third-order valence-electron chi connectivity index (χ3n) is 4.11. The molecule has 0 aromatic heterocycles. The monoisotopic (exact) mass is 321 g/mol. The van der Waals surface area contributed by atoms with Crippen molar-refractivity contribution in [2.75, 3.05) is 27.1 Å².